The summed E-state index contributed by atoms with van der Waals surface area (Å²) < 4.78 is 31.2. The third-order valence-electron chi connectivity index (χ3n) is 4.29. The van der Waals surface area contributed by atoms with E-state index in [1.165, 1.54) is 29.1 Å². The van der Waals surface area contributed by atoms with Crippen molar-refractivity contribution in [3.05, 3.63) is 87.2 Å². The van der Waals surface area contributed by atoms with E-state index < -0.39 is 17.2 Å². The van der Waals surface area contributed by atoms with Gasteiger partial charge in [0.25, 0.3) is 5.56 Å². The first kappa shape index (κ1) is 17.4. The summed E-state index contributed by atoms with van der Waals surface area (Å²) >= 11 is 5.93. The highest BCUT2D eigenvalue weighted by Gasteiger charge is 2.19. The maximum absolute atomic E-state index is 14.2. The number of imidazole rings is 1. The number of rotatable bonds is 3. The third-order valence-corrected chi connectivity index (χ3v) is 4.54. The van der Waals surface area contributed by atoms with E-state index in [1.807, 2.05) is 0 Å². The van der Waals surface area contributed by atoms with Crippen molar-refractivity contribution in [2.75, 3.05) is 0 Å². The second-order valence-electron chi connectivity index (χ2n) is 6.05. The minimum Gasteiger partial charge on any atom is -0.318 e. The fourth-order valence-corrected chi connectivity index (χ4v) is 3.06. The van der Waals surface area contributed by atoms with Crippen LogP contribution in [0, 0.1) is 11.6 Å². The molecule has 27 heavy (non-hydrogen) atoms. The largest absolute Gasteiger partial charge is 0.318 e. The van der Waals surface area contributed by atoms with Gasteiger partial charge >= 0.3 is 0 Å². The Bertz CT molecular complexity index is 1190. The van der Waals surface area contributed by atoms with Crippen LogP contribution in [-0.2, 0) is 13.5 Å². The summed E-state index contributed by atoms with van der Waals surface area (Å²) in [7, 11) is 1.70. The molecule has 2 heterocycles. The van der Waals surface area contributed by atoms with Crippen LogP contribution in [0.1, 0.15) is 11.4 Å². The van der Waals surface area contributed by atoms with Crippen molar-refractivity contribution in [1.29, 1.82) is 0 Å². The monoisotopic (exact) mass is 386 g/mol. The SMILES string of the molecule is Cn1cnc2c(=O)n(-c3ccc(Cl)cc3)c(Cc3c(F)cccc3F)nc21. The number of hydrogen-bond acceptors (Lipinski definition) is 3. The maximum atomic E-state index is 14.2. The van der Waals surface area contributed by atoms with Gasteiger partial charge in [0.05, 0.1) is 12.0 Å². The normalized spacial score (nSPS) is 11.3. The molecule has 0 N–H and O–H groups in total. The minimum atomic E-state index is -0.697. The molecule has 0 amide bonds. The summed E-state index contributed by atoms with van der Waals surface area (Å²) in [6, 6.07) is 10.2. The zero-order valence-corrected chi connectivity index (χ0v) is 14.9. The number of aromatic nitrogens is 4. The van der Waals surface area contributed by atoms with Crippen LogP contribution < -0.4 is 5.56 Å². The fraction of sp³-hybridized carbons (Fsp3) is 0.105. The predicted octanol–water partition coefficient (Wildman–Crippen LogP) is 3.64. The Labute approximate surface area is 157 Å². The van der Waals surface area contributed by atoms with E-state index in [1.54, 1.807) is 35.9 Å². The molecule has 0 aliphatic carbocycles. The second kappa shape index (κ2) is 6.59. The van der Waals surface area contributed by atoms with Crippen molar-refractivity contribution in [2.45, 2.75) is 6.42 Å². The molecule has 0 bridgehead atoms. The summed E-state index contributed by atoms with van der Waals surface area (Å²) in [6.45, 7) is 0. The van der Waals surface area contributed by atoms with Gasteiger partial charge in [-0.25, -0.2) is 18.7 Å². The van der Waals surface area contributed by atoms with Crippen LogP contribution in [0.15, 0.2) is 53.6 Å². The van der Waals surface area contributed by atoms with Crippen LogP contribution in [0.2, 0.25) is 5.02 Å². The highest BCUT2D eigenvalue weighted by Crippen LogP contribution is 2.20. The average molecular weight is 387 g/mol. The fourth-order valence-electron chi connectivity index (χ4n) is 2.94. The molecule has 0 spiro atoms. The molecule has 5 nitrogen and oxygen atoms in total. The van der Waals surface area contributed by atoms with E-state index in [9.17, 15) is 13.6 Å². The van der Waals surface area contributed by atoms with Gasteiger partial charge in [0.15, 0.2) is 11.2 Å². The van der Waals surface area contributed by atoms with Crippen molar-refractivity contribution in [3.8, 4) is 5.69 Å². The number of nitrogens with zero attached hydrogens (tertiary/aromatic N) is 4. The average Bonchev–Trinajstić information content (AvgIpc) is 3.01. The quantitative estimate of drug-likeness (QED) is 0.540. The Hall–Kier alpha value is -3.06. The lowest BCUT2D eigenvalue weighted by molar-refractivity contribution is 0.557. The van der Waals surface area contributed by atoms with E-state index >= 15 is 0 Å². The number of aryl methyl sites for hydroxylation is 1. The summed E-state index contributed by atoms with van der Waals surface area (Å²) in [5, 5.41) is 0.500. The van der Waals surface area contributed by atoms with E-state index in [2.05, 4.69) is 9.97 Å². The van der Waals surface area contributed by atoms with Gasteiger partial charge in [-0.3, -0.25) is 9.36 Å². The van der Waals surface area contributed by atoms with Crippen molar-refractivity contribution >= 4 is 22.8 Å². The van der Waals surface area contributed by atoms with Crippen molar-refractivity contribution in [2.24, 2.45) is 7.05 Å². The zero-order chi connectivity index (χ0) is 19.1. The molecule has 0 saturated carbocycles. The summed E-state index contributed by atoms with van der Waals surface area (Å²) in [5.41, 5.74) is 0.418. The molecule has 136 valence electrons. The number of benzene rings is 2. The Kier molecular flexibility index (Phi) is 4.24. The molecule has 0 unspecified atom stereocenters. The van der Waals surface area contributed by atoms with Crippen LogP contribution in [0.25, 0.3) is 16.9 Å². The molecule has 0 atom stereocenters. The molecule has 0 aliphatic heterocycles. The third kappa shape index (κ3) is 3.00. The molecule has 2 aromatic heterocycles. The molecular formula is C19H13ClF2N4O. The first-order chi connectivity index (χ1) is 13.0. The van der Waals surface area contributed by atoms with Crippen LogP contribution in [-0.4, -0.2) is 19.1 Å². The van der Waals surface area contributed by atoms with Crippen LogP contribution in [0.5, 0.6) is 0 Å². The Morgan fingerprint density at radius 2 is 1.74 bits per heavy atom. The zero-order valence-electron chi connectivity index (χ0n) is 14.2. The van der Waals surface area contributed by atoms with Gasteiger partial charge in [-0.15, -0.1) is 0 Å². The molecule has 0 fully saturated rings. The van der Waals surface area contributed by atoms with Crippen LogP contribution >= 0.6 is 11.6 Å². The predicted molar refractivity (Wildman–Crippen MR) is 98.3 cm³/mol. The van der Waals surface area contributed by atoms with Crippen LogP contribution in [0.4, 0.5) is 8.78 Å². The molecule has 2 aromatic carbocycles. The first-order valence-corrected chi connectivity index (χ1v) is 8.45. The van der Waals surface area contributed by atoms with Gasteiger partial charge in [-0.1, -0.05) is 17.7 Å². The van der Waals surface area contributed by atoms with Gasteiger partial charge in [0.1, 0.15) is 17.5 Å². The standard InChI is InChI=1S/C19H13ClF2N4O/c1-25-10-23-17-18(25)24-16(9-13-14(21)3-2-4-15(13)22)26(19(17)27)12-7-5-11(20)6-8-12/h2-8,10H,9H2,1H3. The van der Waals surface area contributed by atoms with E-state index in [-0.39, 0.29) is 23.3 Å². The lowest BCUT2D eigenvalue weighted by Crippen LogP contribution is -2.25. The Morgan fingerprint density at radius 3 is 2.41 bits per heavy atom. The molecular weight excluding hydrogens is 374 g/mol. The number of fused-ring (bicyclic) bond motifs is 1. The molecule has 8 heteroatoms. The molecule has 0 saturated heterocycles. The minimum absolute atomic E-state index is 0.159. The highest BCUT2D eigenvalue weighted by atomic mass is 35.5. The first-order valence-electron chi connectivity index (χ1n) is 8.07. The summed E-state index contributed by atoms with van der Waals surface area (Å²) in [4.78, 5) is 21.6. The lowest BCUT2D eigenvalue weighted by Gasteiger charge is -2.13. The lowest BCUT2D eigenvalue weighted by atomic mass is 10.1. The van der Waals surface area contributed by atoms with Crippen molar-refractivity contribution in [3.63, 3.8) is 0 Å². The van der Waals surface area contributed by atoms with Gasteiger partial charge in [0.2, 0.25) is 0 Å². The molecule has 4 aromatic rings. The van der Waals surface area contributed by atoms with E-state index in [0.29, 0.717) is 16.4 Å². The smallest absolute Gasteiger partial charge is 0.286 e. The van der Waals surface area contributed by atoms with E-state index in [0.717, 1.165) is 0 Å². The number of hydrogen-bond donors (Lipinski definition) is 0. The van der Waals surface area contributed by atoms with Crippen molar-refractivity contribution < 1.29 is 8.78 Å². The molecule has 0 aliphatic rings. The highest BCUT2D eigenvalue weighted by molar-refractivity contribution is 6.30. The van der Waals surface area contributed by atoms with Gasteiger partial charge in [-0.05, 0) is 36.4 Å². The summed E-state index contributed by atoms with van der Waals surface area (Å²) in [6.07, 6.45) is 1.27. The van der Waals surface area contributed by atoms with Gasteiger partial charge in [-0.2, -0.15) is 0 Å². The van der Waals surface area contributed by atoms with Crippen LogP contribution in [0.3, 0.4) is 0 Å². The number of halogens is 3. The van der Waals surface area contributed by atoms with E-state index in [4.69, 9.17) is 11.6 Å². The Morgan fingerprint density at radius 1 is 1.07 bits per heavy atom. The van der Waals surface area contributed by atoms with Gasteiger partial charge < -0.3 is 4.57 Å². The molecule has 4 rings (SSSR count). The molecule has 0 radical (unpaired) electrons. The van der Waals surface area contributed by atoms with Crippen molar-refractivity contribution in [1.82, 2.24) is 19.1 Å². The second-order valence-corrected chi connectivity index (χ2v) is 6.49. The van der Waals surface area contributed by atoms with Gasteiger partial charge in [0, 0.05) is 24.1 Å². The summed E-state index contributed by atoms with van der Waals surface area (Å²) in [5.74, 6) is -1.20. The topological polar surface area (TPSA) is 52.7 Å². The maximum Gasteiger partial charge on any atom is 0.286 e. The Balaban J connectivity index is 2.00.